The topological polar surface area (TPSA) is 59.6 Å². The zero-order valence-corrected chi connectivity index (χ0v) is 11.5. The Labute approximate surface area is 110 Å². The molecule has 1 unspecified atom stereocenters. The molecule has 0 radical (unpaired) electrons. The molecule has 8 heteroatoms. The summed E-state index contributed by atoms with van der Waals surface area (Å²) >= 11 is 0. The van der Waals surface area contributed by atoms with Gasteiger partial charge in [0.15, 0.2) is 5.96 Å². The first kappa shape index (κ1) is 18.1. The van der Waals surface area contributed by atoms with Crippen LogP contribution in [0.25, 0.3) is 0 Å². The Morgan fingerprint density at radius 3 is 2.50 bits per heavy atom. The molecule has 0 saturated heterocycles. The molecule has 16 heavy (non-hydrogen) atoms. The van der Waals surface area contributed by atoms with Gasteiger partial charge in [-0.1, -0.05) is 0 Å². The third kappa shape index (κ3) is 11.8. The third-order valence-corrected chi connectivity index (χ3v) is 1.49. The zero-order valence-electron chi connectivity index (χ0n) is 9.17. The first-order valence-corrected chi connectivity index (χ1v) is 4.47. The molecule has 0 saturated carbocycles. The van der Waals surface area contributed by atoms with Gasteiger partial charge in [0, 0.05) is 13.2 Å². The van der Waals surface area contributed by atoms with Gasteiger partial charge in [0.25, 0.3) is 0 Å². The van der Waals surface area contributed by atoms with E-state index in [1.54, 1.807) is 6.92 Å². The summed E-state index contributed by atoms with van der Waals surface area (Å²) in [4.78, 5) is 3.54. The Bertz CT molecular complexity index is 211. The summed E-state index contributed by atoms with van der Waals surface area (Å²) in [7, 11) is 1.52. The van der Waals surface area contributed by atoms with Crippen molar-refractivity contribution >= 4 is 29.9 Å². The molecule has 1 atom stereocenters. The number of nitrogens with one attached hydrogen (secondary N) is 1. The molecule has 0 aliphatic heterocycles. The molecule has 3 N–H and O–H groups in total. The highest BCUT2D eigenvalue weighted by Crippen LogP contribution is 2.18. The summed E-state index contributed by atoms with van der Waals surface area (Å²) in [5.41, 5.74) is 5.35. The van der Waals surface area contributed by atoms with E-state index in [4.69, 9.17) is 10.5 Å². The molecule has 0 spiro atoms. The smallest absolute Gasteiger partial charge is 0.383 e. The van der Waals surface area contributed by atoms with Crippen LogP contribution in [0.15, 0.2) is 4.99 Å². The number of hydrogen-bond donors (Lipinski definition) is 2. The van der Waals surface area contributed by atoms with Gasteiger partial charge >= 0.3 is 6.18 Å². The van der Waals surface area contributed by atoms with Gasteiger partial charge in [-0.25, -0.2) is 0 Å². The van der Waals surface area contributed by atoms with Gasteiger partial charge in [-0.2, -0.15) is 13.2 Å². The number of guanidine groups is 1. The fourth-order valence-corrected chi connectivity index (χ4v) is 0.893. The van der Waals surface area contributed by atoms with Crippen LogP contribution in [0.5, 0.6) is 0 Å². The fraction of sp³-hybridized carbons (Fsp3) is 0.875. The lowest BCUT2D eigenvalue weighted by molar-refractivity contribution is -0.132. The molecule has 0 amide bonds. The summed E-state index contributed by atoms with van der Waals surface area (Å²) in [5, 5.41) is 2.70. The van der Waals surface area contributed by atoms with Crippen molar-refractivity contribution in [2.24, 2.45) is 10.7 Å². The minimum Gasteiger partial charge on any atom is -0.383 e. The Morgan fingerprint density at radius 2 is 2.06 bits per heavy atom. The second-order valence-electron chi connectivity index (χ2n) is 3.13. The number of methoxy groups -OCH3 is 1. The largest absolute Gasteiger partial charge is 0.390 e. The van der Waals surface area contributed by atoms with E-state index in [0.717, 1.165) is 0 Å². The molecule has 0 heterocycles. The molecule has 0 bridgehead atoms. The van der Waals surface area contributed by atoms with E-state index < -0.39 is 12.6 Å². The fourth-order valence-electron chi connectivity index (χ4n) is 0.893. The highest BCUT2D eigenvalue weighted by molar-refractivity contribution is 14.0. The minimum atomic E-state index is -4.19. The number of aliphatic imine (C=N–C) groups is 1. The van der Waals surface area contributed by atoms with Crippen LogP contribution in [0.1, 0.15) is 13.3 Å². The maximum Gasteiger partial charge on any atom is 0.390 e. The summed E-state index contributed by atoms with van der Waals surface area (Å²) in [6.07, 6.45) is -5.16. The van der Waals surface area contributed by atoms with E-state index in [2.05, 4.69) is 10.3 Å². The van der Waals surface area contributed by atoms with Crippen LogP contribution in [-0.4, -0.2) is 38.4 Å². The van der Waals surface area contributed by atoms with Crippen LogP contribution in [-0.2, 0) is 4.74 Å². The first-order chi connectivity index (χ1) is 6.85. The predicted molar refractivity (Wildman–Crippen MR) is 67.1 cm³/mol. The second kappa shape index (κ2) is 8.85. The van der Waals surface area contributed by atoms with Crippen molar-refractivity contribution in [2.45, 2.75) is 25.6 Å². The van der Waals surface area contributed by atoms with E-state index in [-0.39, 0.29) is 42.5 Å². The van der Waals surface area contributed by atoms with Crippen LogP contribution < -0.4 is 11.1 Å². The summed E-state index contributed by atoms with van der Waals surface area (Å²) in [5.74, 6) is 0.00352. The monoisotopic (exact) mass is 355 g/mol. The van der Waals surface area contributed by atoms with Gasteiger partial charge in [0.05, 0.1) is 19.6 Å². The van der Waals surface area contributed by atoms with E-state index in [1.807, 2.05) is 0 Å². The molecule has 0 aromatic heterocycles. The van der Waals surface area contributed by atoms with Crippen LogP contribution in [0.4, 0.5) is 13.2 Å². The number of nitrogens with two attached hydrogens (primary N) is 1. The number of nitrogens with zero attached hydrogens (tertiary/aromatic N) is 1. The molecule has 0 aromatic rings. The van der Waals surface area contributed by atoms with Crippen molar-refractivity contribution in [3.05, 3.63) is 0 Å². The van der Waals surface area contributed by atoms with Crippen LogP contribution in [0.2, 0.25) is 0 Å². The van der Waals surface area contributed by atoms with Gasteiger partial charge in [-0.05, 0) is 6.92 Å². The predicted octanol–water partition coefficient (Wildman–Crippen LogP) is 1.50. The second-order valence-corrected chi connectivity index (χ2v) is 3.13. The maximum atomic E-state index is 11.7. The zero-order chi connectivity index (χ0) is 11.9. The van der Waals surface area contributed by atoms with Gasteiger partial charge in [-0.15, -0.1) is 24.0 Å². The van der Waals surface area contributed by atoms with Gasteiger partial charge in [0.2, 0.25) is 0 Å². The molecule has 0 aliphatic rings. The standard InChI is InChI=1S/C8H16F3N3O.HI/c1-6(5-15-2)14-7(12)13-4-3-8(9,10)11;/h6H,3-5H2,1-2H3,(H3,12,13,14);1H. The van der Waals surface area contributed by atoms with E-state index >= 15 is 0 Å². The van der Waals surface area contributed by atoms with E-state index in [0.29, 0.717) is 6.61 Å². The SMILES string of the molecule is COCC(C)NC(N)=NCCC(F)(F)F.I. The van der Waals surface area contributed by atoms with Crippen molar-refractivity contribution in [1.82, 2.24) is 5.32 Å². The molecule has 4 nitrogen and oxygen atoms in total. The molecule has 0 fully saturated rings. The quantitative estimate of drug-likeness (QED) is 0.446. The molecular formula is C8H17F3IN3O. The summed E-state index contributed by atoms with van der Waals surface area (Å²) in [6, 6.07) is -0.0790. The Kier molecular flexibility index (Phi) is 10.0. The van der Waals surface area contributed by atoms with Crippen molar-refractivity contribution in [3.8, 4) is 0 Å². The van der Waals surface area contributed by atoms with Crippen LogP contribution in [0, 0.1) is 0 Å². The molecule has 0 rings (SSSR count). The van der Waals surface area contributed by atoms with E-state index in [9.17, 15) is 13.2 Å². The maximum absolute atomic E-state index is 11.7. The molecule has 98 valence electrons. The molecule has 0 aliphatic carbocycles. The first-order valence-electron chi connectivity index (χ1n) is 4.47. The number of rotatable bonds is 5. The van der Waals surface area contributed by atoms with E-state index in [1.165, 1.54) is 7.11 Å². The lowest BCUT2D eigenvalue weighted by atomic mass is 10.4. The lowest BCUT2D eigenvalue weighted by Gasteiger charge is -2.13. The third-order valence-electron chi connectivity index (χ3n) is 1.49. The highest BCUT2D eigenvalue weighted by Gasteiger charge is 2.26. The molecular weight excluding hydrogens is 338 g/mol. The van der Waals surface area contributed by atoms with Crippen molar-refractivity contribution in [3.63, 3.8) is 0 Å². The Balaban J connectivity index is 0. The Hall–Kier alpha value is -0.250. The van der Waals surface area contributed by atoms with Gasteiger partial charge in [0.1, 0.15) is 0 Å². The number of halogens is 4. The minimum absolute atomic E-state index is 0. The normalized spacial score (nSPS) is 14.2. The van der Waals surface area contributed by atoms with Gasteiger partial charge in [-0.3, -0.25) is 4.99 Å². The number of hydrogen-bond acceptors (Lipinski definition) is 2. The summed E-state index contributed by atoms with van der Waals surface area (Å²) < 4.78 is 40.0. The van der Waals surface area contributed by atoms with Crippen molar-refractivity contribution in [2.75, 3.05) is 20.3 Å². The number of alkyl halides is 3. The van der Waals surface area contributed by atoms with Crippen molar-refractivity contribution in [1.29, 1.82) is 0 Å². The summed E-state index contributed by atoms with van der Waals surface area (Å²) in [6.45, 7) is 1.84. The van der Waals surface area contributed by atoms with Crippen LogP contribution in [0.3, 0.4) is 0 Å². The van der Waals surface area contributed by atoms with Gasteiger partial charge < -0.3 is 15.8 Å². The van der Waals surface area contributed by atoms with Crippen molar-refractivity contribution < 1.29 is 17.9 Å². The lowest BCUT2D eigenvalue weighted by Crippen LogP contribution is -2.40. The van der Waals surface area contributed by atoms with Crippen LogP contribution >= 0.6 is 24.0 Å². The molecule has 0 aromatic carbocycles. The average molecular weight is 355 g/mol. The number of ether oxygens (including phenoxy) is 1. The highest BCUT2D eigenvalue weighted by atomic mass is 127. The average Bonchev–Trinajstić information content (AvgIpc) is 2.01. The Morgan fingerprint density at radius 1 is 1.50 bits per heavy atom.